The maximum absolute atomic E-state index is 13.1. The van der Waals surface area contributed by atoms with Crippen molar-refractivity contribution in [3.63, 3.8) is 0 Å². The summed E-state index contributed by atoms with van der Waals surface area (Å²) in [5, 5.41) is 14.0. The minimum Gasteiger partial charge on any atom is -0.340 e. The molecule has 1 aliphatic rings. The topological polar surface area (TPSA) is 91.7 Å². The standard InChI is InChI=1S/C18H19ClFN7O/c1-11-14(15(19)27(25-11)13-7-5-12(20)6-8-13)16(28)21-17-22-18(24-23-17)26-9-3-2-4-10-26/h5-8H,2-4,9-10H2,1H3,(H2,21,22,23,24,28). The Balaban J connectivity index is 1.54. The zero-order valence-electron chi connectivity index (χ0n) is 15.2. The van der Waals surface area contributed by atoms with E-state index in [1.165, 1.54) is 35.4 Å². The molecule has 1 saturated heterocycles. The van der Waals surface area contributed by atoms with Gasteiger partial charge < -0.3 is 4.90 Å². The van der Waals surface area contributed by atoms with Crippen molar-refractivity contribution < 1.29 is 9.18 Å². The first-order valence-corrected chi connectivity index (χ1v) is 9.40. The van der Waals surface area contributed by atoms with E-state index in [0.717, 1.165) is 25.9 Å². The molecule has 1 amide bonds. The van der Waals surface area contributed by atoms with Crippen LogP contribution in [0, 0.1) is 12.7 Å². The van der Waals surface area contributed by atoms with Gasteiger partial charge in [-0.2, -0.15) is 10.1 Å². The molecule has 0 bridgehead atoms. The van der Waals surface area contributed by atoms with Gasteiger partial charge in [-0.1, -0.05) is 11.6 Å². The maximum Gasteiger partial charge on any atom is 0.263 e. The quantitative estimate of drug-likeness (QED) is 0.697. The van der Waals surface area contributed by atoms with E-state index in [4.69, 9.17) is 11.6 Å². The fourth-order valence-electron chi connectivity index (χ4n) is 3.22. The number of aromatic amines is 1. The first-order chi connectivity index (χ1) is 13.5. The molecular weight excluding hydrogens is 385 g/mol. The molecule has 0 spiro atoms. The van der Waals surface area contributed by atoms with Crippen LogP contribution in [-0.2, 0) is 0 Å². The average molecular weight is 404 g/mol. The van der Waals surface area contributed by atoms with Crippen molar-refractivity contribution >= 4 is 29.4 Å². The number of anilines is 2. The number of halogens is 2. The number of rotatable bonds is 4. The molecule has 0 aliphatic carbocycles. The molecule has 1 fully saturated rings. The molecule has 0 radical (unpaired) electrons. The van der Waals surface area contributed by atoms with Crippen molar-refractivity contribution in [2.24, 2.45) is 0 Å². The van der Waals surface area contributed by atoms with E-state index in [9.17, 15) is 9.18 Å². The minimum absolute atomic E-state index is 0.136. The van der Waals surface area contributed by atoms with Gasteiger partial charge >= 0.3 is 0 Å². The molecule has 1 aromatic carbocycles. The van der Waals surface area contributed by atoms with Gasteiger partial charge in [0.1, 0.15) is 16.5 Å². The Morgan fingerprint density at radius 2 is 1.93 bits per heavy atom. The number of aromatic nitrogens is 5. The molecule has 0 atom stereocenters. The number of aryl methyl sites for hydroxylation is 1. The fourth-order valence-corrected chi connectivity index (χ4v) is 3.58. The predicted octanol–water partition coefficient (Wildman–Crippen LogP) is 3.33. The Kier molecular flexibility index (Phi) is 4.99. The molecule has 0 saturated carbocycles. The van der Waals surface area contributed by atoms with Crippen molar-refractivity contribution in [1.82, 2.24) is 25.0 Å². The molecule has 8 nitrogen and oxygen atoms in total. The number of nitrogens with one attached hydrogen (secondary N) is 2. The van der Waals surface area contributed by atoms with Gasteiger partial charge in [-0.3, -0.25) is 10.1 Å². The van der Waals surface area contributed by atoms with E-state index in [0.29, 0.717) is 17.3 Å². The third-order valence-corrected chi connectivity index (χ3v) is 5.00. The predicted molar refractivity (Wildman–Crippen MR) is 104 cm³/mol. The summed E-state index contributed by atoms with van der Waals surface area (Å²) >= 11 is 6.38. The zero-order chi connectivity index (χ0) is 19.7. The summed E-state index contributed by atoms with van der Waals surface area (Å²) in [6.45, 7) is 3.49. The minimum atomic E-state index is -0.447. The molecule has 2 aromatic heterocycles. The van der Waals surface area contributed by atoms with E-state index < -0.39 is 5.91 Å². The molecule has 4 rings (SSSR count). The summed E-state index contributed by atoms with van der Waals surface area (Å²) in [7, 11) is 0. The fraction of sp³-hybridized carbons (Fsp3) is 0.333. The summed E-state index contributed by atoms with van der Waals surface area (Å²) in [4.78, 5) is 19.2. The van der Waals surface area contributed by atoms with E-state index in [-0.39, 0.29) is 22.5 Å². The van der Waals surface area contributed by atoms with Crippen LogP contribution in [0.15, 0.2) is 24.3 Å². The molecular formula is C18H19ClFN7O. The normalized spacial score (nSPS) is 14.3. The van der Waals surface area contributed by atoms with Gasteiger partial charge in [0.2, 0.25) is 11.9 Å². The van der Waals surface area contributed by atoms with Crippen molar-refractivity contribution in [3.05, 3.63) is 46.5 Å². The number of benzene rings is 1. The van der Waals surface area contributed by atoms with Crippen LogP contribution < -0.4 is 10.2 Å². The lowest BCUT2D eigenvalue weighted by Crippen LogP contribution is -2.30. The Morgan fingerprint density at radius 1 is 1.21 bits per heavy atom. The van der Waals surface area contributed by atoms with E-state index in [2.05, 4.69) is 30.5 Å². The second kappa shape index (κ2) is 7.59. The third kappa shape index (κ3) is 3.57. The summed E-state index contributed by atoms with van der Waals surface area (Å²) in [5.41, 5.74) is 1.23. The van der Waals surface area contributed by atoms with Crippen molar-refractivity contribution in [2.45, 2.75) is 26.2 Å². The lowest BCUT2D eigenvalue weighted by molar-refractivity contribution is 0.102. The Hall–Kier alpha value is -2.94. The van der Waals surface area contributed by atoms with Gasteiger partial charge in [0.15, 0.2) is 0 Å². The highest BCUT2D eigenvalue weighted by Crippen LogP contribution is 2.25. The van der Waals surface area contributed by atoms with Crippen LogP contribution in [0.25, 0.3) is 5.69 Å². The number of amides is 1. The van der Waals surface area contributed by atoms with Crippen LogP contribution in [-0.4, -0.2) is 44.0 Å². The lowest BCUT2D eigenvalue weighted by Gasteiger charge is -2.24. The van der Waals surface area contributed by atoms with Crippen LogP contribution in [0.1, 0.15) is 35.3 Å². The first-order valence-electron chi connectivity index (χ1n) is 9.02. The van der Waals surface area contributed by atoms with Gasteiger partial charge in [0.25, 0.3) is 5.91 Å². The summed E-state index contributed by atoms with van der Waals surface area (Å²) in [6, 6.07) is 5.69. The van der Waals surface area contributed by atoms with Gasteiger partial charge in [0, 0.05) is 13.1 Å². The van der Waals surface area contributed by atoms with Crippen LogP contribution in [0.5, 0.6) is 0 Å². The van der Waals surface area contributed by atoms with Crippen molar-refractivity contribution in [1.29, 1.82) is 0 Å². The van der Waals surface area contributed by atoms with E-state index in [1.807, 2.05) is 0 Å². The highest BCUT2D eigenvalue weighted by Gasteiger charge is 2.23. The van der Waals surface area contributed by atoms with Gasteiger partial charge in [0.05, 0.1) is 11.4 Å². The van der Waals surface area contributed by atoms with Gasteiger partial charge in [-0.25, -0.2) is 14.2 Å². The number of hydrogen-bond acceptors (Lipinski definition) is 5. The number of nitrogens with zero attached hydrogens (tertiary/aromatic N) is 5. The molecule has 0 unspecified atom stereocenters. The highest BCUT2D eigenvalue weighted by atomic mass is 35.5. The van der Waals surface area contributed by atoms with Crippen molar-refractivity contribution in [2.75, 3.05) is 23.3 Å². The Bertz CT molecular complexity index is 992. The van der Waals surface area contributed by atoms with Crippen molar-refractivity contribution in [3.8, 4) is 5.69 Å². The third-order valence-electron chi connectivity index (χ3n) is 4.65. The maximum atomic E-state index is 13.1. The van der Waals surface area contributed by atoms with E-state index in [1.54, 1.807) is 6.92 Å². The second-order valence-electron chi connectivity index (χ2n) is 6.63. The monoisotopic (exact) mass is 403 g/mol. The smallest absolute Gasteiger partial charge is 0.263 e. The SMILES string of the molecule is Cc1nn(-c2ccc(F)cc2)c(Cl)c1C(=O)Nc1nc(N2CCCCC2)n[nH]1. The molecule has 3 aromatic rings. The molecule has 10 heteroatoms. The number of piperidine rings is 1. The highest BCUT2D eigenvalue weighted by molar-refractivity contribution is 6.33. The number of hydrogen-bond donors (Lipinski definition) is 2. The van der Waals surface area contributed by atoms with E-state index >= 15 is 0 Å². The van der Waals surface area contributed by atoms with Crippen LogP contribution in [0.3, 0.4) is 0 Å². The summed E-state index contributed by atoms with van der Waals surface area (Å²) in [6.07, 6.45) is 3.42. The molecule has 3 heterocycles. The van der Waals surface area contributed by atoms with Gasteiger partial charge in [-0.15, -0.1) is 5.10 Å². The number of carbonyl (C=O) groups excluding carboxylic acids is 1. The first kappa shape index (κ1) is 18.4. The van der Waals surface area contributed by atoms with Gasteiger partial charge in [-0.05, 0) is 50.5 Å². The van der Waals surface area contributed by atoms with Crippen LogP contribution >= 0.6 is 11.6 Å². The summed E-state index contributed by atoms with van der Waals surface area (Å²) in [5.74, 6) is 0.00384. The Morgan fingerprint density at radius 3 is 2.64 bits per heavy atom. The largest absolute Gasteiger partial charge is 0.340 e. The zero-order valence-corrected chi connectivity index (χ0v) is 16.0. The molecule has 1 aliphatic heterocycles. The molecule has 146 valence electrons. The lowest BCUT2D eigenvalue weighted by atomic mass is 10.1. The molecule has 2 N–H and O–H groups in total. The summed E-state index contributed by atoms with van der Waals surface area (Å²) < 4.78 is 14.5. The molecule has 28 heavy (non-hydrogen) atoms. The Labute approximate surface area is 165 Å². The van der Waals surface area contributed by atoms with Crippen LogP contribution in [0.2, 0.25) is 5.15 Å². The number of H-pyrrole nitrogens is 1. The second-order valence-corrected chi connectivity index (χ2v) is 6.98. The van der Waals surface area contributed by atoms with Crippen LogP contribution in [0.4, 0.5) is 16.3 Å². The average Bonchev–Trinajstić information content (AvgIpc) is 3.27. The number of carbonyl (C=O) groups is 1.